The minimum atomic E-state index is 0.912. The fourth-order valence-electron chi connectivity index (χ4n) is 2.86. The summed E-state index contributed by atoms with van der Waals surface area (Å²) in [5, 5.41) is 0. The topological polar surface area (TPSA) is 12.4 Å². The lowest BCUT2D eigenvalue weighted by atomic mass is 9.94. The number of fused-ring (bicyclic) bond motifs is 1. The van der Waals surface area contributed by atoms with Crippen molar-refractivity contribution in [2.45, 2.75) is 46.5 Å². The zero-order valence-corrected chi connectivity index (χ0v) is 12.3. The van der Waals surface area contributed by atoms with Crippen molar-refractivity contribution in [1.82, 2.24) is 0 Å². The number of allylic oxidation sites excluding steroid dienone is 4. The summed E-state index contributed by atoms with van der Waals surface area (Å²) in [5.41, 5.74) is 8.40. The van der Waals surface area contributed by atoms with Gasteiger partial charge in [-0.1, -0.05) is 42.3 Å². The van der Waals surface area contributed by atoms with Crippen LogP contribution in [0.5, 0.6) is 0 Å². The highest BCUT2D eigenvalue weighted by molar-refractivity contribution is 5.40. The number of rotatable bonds is 2. The van der Waals surface area contributed by atoms with Gasteiger partial charge in [0, 0.05) is 12.1 Å². The minimum Gasteiger partial charge on any atom is -0.269 e. The molecule has 19 heavy (non-hydrogen) atoms. The molecule has 0 spiro atoms. The van der Waals surface area contributed by atoms with Crippen molar-refractivity contribution in [2.75, 3.05) is 0 Å². The highest BCUT2D eigenvalue weighted by Gasteiger charge is 2.13. The standard InChI is InChI=1S/C18H23N/c1-5-15-11-16-8-6-7-9-17(16)12-18(19-4)14(3)10-13(15)2/h6-9H,4-5,10-12H2,1-3H3/b15-13-,18-14+. The SMILES string of the molecule is C=N/C1=C(\C)C/C(C)=C(/CC)Cc2ccccc2C1. The van der Waals surface area contributed by atoms with Crippen LogP contribution < -0.4 is 0 Å². The smallest absolute Gasteiger partial charge is 0.0432 e. The Balaban J connectivity index is 2.56. The molecule has 0 aromatic heterocycles. The van der Waals surface area contributed by atoms with Crippen molar-refractivity contribution in [3.05, 3.63) is 57.8 Å². The van der Waals surface area contributed by atoms with Crippen molar-refractivity contribution in [3.63, 3.8) is 0 Å². The van der Waals surface area contributed by atoms with E-state index < -0.39 is 0 Å². The van der Waals surface area contributed by atoms with E-state index >= 15 is 0 Å². The van der Waals surface area contributed by atoms with Crippen LogP contribution in [0.4, 0.5) is 0 Å². The van der Waals surface area contributed by atoms with Gasteiger partial charge in [0.25, 0.3) is 0 Å². The van der Waals surface area contributed by atoms with E-state index in [2.05, 4.69) is 56.7 Å². The number of hydrogen-bond donors (Lipinski definition) is 0. The zero-order valence-electron chi connectivity index (χ0n) is 12.3. The molecule has 1 heteroatoms. The lowest BCUT2D eigenvalue weighted by Gasteiger charge is -2.11. The molecule has 2 rings (SSSR count). The van der Waals surface area contributed by atoms with E-state index in [0.717, 1.165) is 31.4 Å². The van der Waals surface area contributed by atoms with E-state index in [1.165, 1.54) is 22.3 Å². The lowest BCUT2D eigenvalue weighted by molar-refractivity contribution is 0.934. The summed E-state index contributed by atoms with van der Waals surface area (Å²) in [6.45, 7) is 10.5. The van der Waals surface area contributed by atoms with Crippen molar-refractivity contribution in [3.8, 4) is 0 Å². The molecule has 1 aliphatic carbocycles. The van der Waals surface area contributed by atoms with Crippen LogP contribution in [0.1, 0.15) is 44.7 Å². The molecule has 0 heterocycles. The first-order valence-electron chi connectivity index (χ1n) is 7.05. The highest BCUT2D eigenvalue weighted by Crippen LogP contribution is 2.28. The minimum absolute atomic E-state index is 0.912. The number of aliphatic imine (C=N–C) groups is 1. The maximum Gasteiger partial charge on any atom is 0.0432 e. The van der Waals surface area contributed by atoms with Gasteiger partial charge in [-0.25, -0.2) is 0 Å². The Labute approximate surface area is 116 Å². The maximum atomic E-state index is 4.26. The van der Waals surface area contributed by atoms with Crippen LogP contribution in [-0.4, -0.2) is 6.72 Å². The fourth-order valence-corrected chi connectivity index (χ4v) is 2.86. The van der Waals surface area contributed by atoms with Gasteiger partial charge >= 0.3 is 0 Å². The van der Waals surface area contributed by atoms with E-state index in [1.54, 1.807) is 5.57 Å². The lowest BCUT2D eigenvalue weighted by Crippen LogP contribution is -1.98. The Bertz CT molecular complexity index is 547. The van der Waals surface area contributed by atoms with Crippen molar-refractivity contribution in [2.24, 2.45) is 4.99 Å². The summed E-state index contributed by atoms with van der Waals surface area (Å²) >= 11 is 0. The van der Waals surface area contributed by atoms with E-state index in [-0.39, 0.29) is 0 Å². The second-order valence-electron chi connectivity index (χ2n) is 5.42. The third-order valence-electron chi connectivity index (χ3n) is 4.12. The Hall–Kier alpha value is -1.63. The van der Waals surface area contributed by atoms with Gasteiger partial charge in [0.2, 0.25) is 0 Å². The van der Waals surface area contributed by atoms with Crippen LogP contribution in [-0.2, 0) is 12.8 Å². The molecule has 0 fully saturated rings. The van der Waals surface area contributed by atoms with Crippen molar-refractivity contribution >= 4 is 6.72 Å². The van der Waals surface area contributed by atoms with Gasteiger partial charge in [0.15, 0.2) is 0 Å². The number of nitrogens with zero attached hydrogens (tertiary/aromatic N) is 1. The molecule has 0 atom stereocenters. The summed E-state index contributed by atoms with van der Waals surface area (Å²) in [4.78, 5) is 4.26. The molecule has 0 unspecified atom stereocenters. The first-order chi connectivity index (χ1) is 9.15. The Morgan fingerprint density at radius 1 is 1.00 bits per heavy atom. The maximum absolute atomic E-state index is 4.26. The Morgan fingerprint density at radius 3 is 2.21 bits per heavy atom. The Kier molecular flexibility index (Phi) is 4.36. The molecule has 1 aromatic rings. The monoisotopic (exact) mass is 253 g/mol. The van der Waals surface area contributed by atoms with Gasteiger partial charge in [-0.05, 0) is 56.5 Å². The van der Waals surface area contributed by atoms with Crippen LogP contribution in [0.15, 0.2) is 51.7 Å². The largest absolute Gasteiger partial charge is 0.269 e. The zero-order chi connectivity index (χ0) is 13.8. The summed E-state index contributed by atoms with van der Waals surface area (Å²) in [7, 11) is 0. The molecule has 0 radical (unpaired) electrons. The number of hydrogen-bond acceptors (Lipinski definition) is 1. The van der Waals surface area contributed by atoms with E-state index in [9.17, 15) is 0 Å². The molecular weight excluding hydrogens is 230 g/mol. The van der Waals surface area contributed by atoms with Crippen LogP contribution in [0.3, 0.4) is 0 Å². The average molecular weight is 253 g/mol. The second-order valence-corrected chi connectivity index (χ2v) is 5.42. The van der Waals surface area contributed by atoms with Gasteiger partial charge in [-0.3, -0.25) is 4.99 Å². The van der Waals surface area contributed by atoms with Crippen LogP contribution in [0.25, 0.3) is 0 Å². The van der Waals surface area contributed by atoms with Crippen molar-refractivity contribution in [1.29, 1.82) is 0 Å². The van der Waals surface area contributed by atoms with E-state index in [0.29, 0.717) is 0 Å². The molecule has 0 bridgehead atoms. The molecule has 1 aliphatic rings. The molecule has 0 amide bonds. The first-order valence-corrected chi connectivity index (χ1v) is 7.05. The molecule has 100 valence electrons. The third kappa shape index (κ3) is 3.04. The fraction of sp³-hybridized carbons (Fsp3) is 0.389. The molecule has 0 aliphatic heterocycles. The van der Waals surface area contributed by atoms with Gasteiger partial charge in [-0.15, -0.1) is 0 Å². The molecule has 0 saturated carbocycles. The summed E-state index contributed by atoms with van der Waals surface area (Å²) in [6, 6.07) is 8.73. The molecule has 1 nitrogen and oxygen atoms in total. The summed E-state index contributed by atoms with van der Waals surface area (Å²) in [5.74, 6) is 0. The predicted molar refractivity (Wildman–Crippen MR) is 83.7 cm³/mol. The summed E-state index contributed by atoms with van der Waals surface area (Å²) < 4.78 is 0. The first kappa shape index (κ1) is 13.8. The Morgan fingerprint density at radius 2 is 1.63 bits per heavy atom. The van der Waals surface area contributed by atoms with Gasteiger partial charge in [0.1, 0.15) is 0 Å². The normalized spacial score (nSPS) is 24.2. The average Bonchev–Trinajstić information content (AvgIpc) is 2.46. The quantitative estimate of drug-likeness (QED) is 0.526. The molecule has 0 saturated heterocycles. The second kappa shape index (κ2) is 6.01. The predicted octanol–water partition coefficient (Wildman–Crippen LogP) is 4.88. The van der Waals surface area contributed by atoms with Gasteiger partial charge in [0.05, 0.1) is 0 Å². The third-order valence-corrected chi connectivity index (χ3v) is 4.12. The van der Waals surface area contributed by atoms with Crippen LogP contribution in [0, 0.1) is 0 Å². The summed E-state index contributed by atoms with van der Waals surface area (Å²) in [6.07, 6.45) is 4.15. The van der Waals surface area contributed by atoms with Gasteiger partial charge < -0.3 is 0 Å². The van der Waals surface area contributed by atoms with Gasteiger partial charge in [-0.2, -0.15) is 0 Å². The van der Waals surface area contributed by atoms with E-state index in [4.69, 9.17) is 0 Å². The van der Waals surface area contributed by atoms with Crippen LogP contribution in [0.2, 0.25) is 0 Å². The molecule has 1 aromatic carbocycles. The highest BCUT2D eigenvalue weighted by atomic mass is 14.7. The number of benzene rings is 1. The molecular formula is C18H23N. The molecule has 0 N–H and O–H groups in total. The van der Waals surface area contributed by atoms with Crippen molar-refractivity contribution < 1.29 is 0 Å². The van der Waals surface area contributed by atoms with Crippen LogP contribution >= 0.6 is 0 Å². The van der Waals surface area contributed by atoms with E-state index in [1.807, 2.05) is 0 Å².